The molecule has 2 amide bonds. The number of benzene rings is 1. The van der Waals surface area contributed by atoms with Gasteiger partial charge in [-0.2, -0.15) is 5.10 Å². The highest BCUT2D eigenvalue weighted by Crippen LogP contribution is 2.06. The lowest BCUT2D eigenvalue weighted by Gasteiger charge is -2.15. The quantitative estimate of drug-likeness (QED) is 0.870. The normalized spacial score (nSPS) is 10.2. The van der Waals surface area contributed by atoms with E-state index >= 15 is 0 Å². The highest BCUT2D eigenvalue weighted by molar-refractivity contribution is 5.81. The van der Waals surface area contributed by atoms with Gasteiger partial charge < -0.3 is 15.0 Å². The molecule has 122 valence electrons. The third kappa shape index (κ3) is 5.14. The summed E-state index contributed by atoms with van der Waals surface area (Å²) in [6.07, 6.45) is 3.12. The summed E-state index contributed by atoms with van der Waals surface area (Å²) in [7, 11) is 2.79. The van der Waals surface area contributed by atoms with Crippen LogP contribution in [-0.2, 0) is 22.6 Å². The van der Waals surface area contributed by atoms with Crippen molar-refractivity contribution in [1.29, 1.82) is 0 Å². The summed E-state index contributed by atoms with van der Waals surface area (Å²) in [5, 5.41) is 6.93. The lowest BCUT2D eigenvalue weighted by Crippen LogP contribution is -2.38. The van der Waals surface area contributed by atoms with E-state index in [1.807, 2.05) is 41.2 Å². The van der Waals surface area contributed by atoms with Crippen molar-refractivity contribution >= 4 is 12.0 Å². The van der Waals surface area contributed by atoms with Crippen LogP contribution in [0.4, 0.5) is 4.79 Å². The van der Waals surface area contributed by atoms with Crippen LogP contribution in [-0.4, -0.2) is 47.4 Å². The molecule has 1 N–H and O–H groups in total. The highest BCUT2D eigenvalue weighted by Gasteiger charge is 2.12. The van der Waals surface area contributed by atoms with Crippen LogP contribution in [0.5, 0.6) is 0 Å². The number of amides is 2. The molecule has 0 unspecified atom stereocenters. The molecule has 1 aromatic heterocycles. The van der Waals surface area contributed by atoms with E-state index in [0.29, 0.717) is 13.1 Å². The van der Waals surface area contributed by atoms with E-state index in [2.05, 4.69) is 15.2 Å². The second-order valence-corrected chi connectivity index (χ2v) is 5.12. The number of ether oxygens (including phenoxy) is 1. The summed E-state index contributed by atoms with van der Waals surface area (Å²) >= 11 is 0. The first-order chi connectivity index (χ1) is 11.1. The van der Waals surface area contributed by atoms with Crippen LogP contribution in [0.3, 0.4) is 0 Å². The van der Waals surface area contributed by atoms with E-state index in [4.69, 9.17) is 0 Å². The fraction of sp³-hybridized carbons (Fsp3) is 0.312. The van der Waals surface area contributed by atoms with Crippen LogP contribution in [0, 0.1) is 0 Å². The minimum absolute atomic E-state index is 0.0376. The van der Waals surface area contributed by atoms with Crippen LogP contribution in [0.1, 0.15) is 11.1 Å². The number of likely N-dealkylation sites (N-methyl/N-ethyl adjacent to an activating group) is 1. The second-order valence-electron chi connectivity index (χ2n) is 5.12. The molecule has 0 aliphatic carbocycles. The predicted molar refractivity (Wildman–Crippen MR) is 84.7 cm³/mol. The number of carbonyl (C=O) groups excluding carboxylic acids is 2. The minimum atomic E-state index is -0.539. The first kappa shape index (κ1) is 16.5. The Morgan fingerprint density at radius 2 is 1.96 bits per heavy atom. The zero-order valence-electron chi connectivity index (χ0n) is 13.2. The molecular formula is C16H20N4O3. The molecule has 0 aliphatic heterocycles. The number of nitrogens with zero attached hydrogens (tertiary/aromatic N) is 3. The topological polar surface area (TPSA) is 76.5 Å². The van der Waals surface area contributed by atoms with Crippen LogP contribution in [0.25, 0.3) is 0 Å². The molecule has 0 spiro atoms. The Balaban J connectivity index is 1.79. The summed E-state index contributed by atoms with van der Waals surface area (Å²) in [6.45, 7) is 1.09. The van der Waals surface area contributed by atoms with Gasteiger partial charge >= 0.3 is 6.09 Å². The van der Waals surface area contributed by atoms with Gasteiger partial charge in [-0.15, -0.1) is 0 Å². The molecule has 2 aromatic rings. The Hall–Kier alpha value is -2.83. The maximum atomic E-state index is 11.8. The smallest absolute Gasteiger partial charge is 0.409 e. The van der Waals surface area contributed by atoms with Gasteiger partial charge in [0.05, 0.1) is 13.7 Å². The average Bonchev–Trinajstić information content (AvgIpc) is 3.06. The Morgan fingerprint density at radius 3 is 2.57 bits per heavy atom. The summed E-state index contributed by atoms with van der Waals surface area (Å²) in [4.78, 5) is 24.2. The predicted octanol–water partition coefficient (Wildman–Crippen LogP) is 1.25. The molecular weight excluding hydrogens is 296 g/mol. The Morgan fingerprint density at radius 1 is 1.26 bits per heavy atom. The number of carbonyl (C=O) groups is 2. The van der Waals surface area contributed by atoms with Crippen molar-refractivity contribution in [3.05, 3.63) is 53.9 Å². The van der Waals surface area contributed by atoms with Crippen molar-refractivity contribution in [3.8, 4) is 0 Å². The van der Waals surface area contributed by atoms with Crippen molar-refractivity contribution in [2.45, 2.75) is 13.1 Å². The van der Waals surface area contributed by atoms with Gasteiger partial charge in [-0.05, 0) is 17.2 Å². The molecule has 0 saturated heterocycles. The lowest BCUT2D eigenvalue weighted by molar-refractivity contribution is -0.121. The molecule has 0 radical (unpaired) electrons. The van der Waals surface area contributed by atoms with E-state index in [0.717, 1.165) is 11.1 Å². The molecule has 0 aliphatic rings. The van der Waals surface area contributed by atoms with Crippen LogP contribution in [0.15, 0.2) is 42.7 Å². The first-order valence-electron chi connectivity index (χ1n) is 7.19. The van der Waals surface area contributed by atoms with Gasteiger partial charge in [0.15, 0.2) is 0 Å². The lowest BCUT2D eigenvalue weighted by atomic mass is 10.1. The van der Waals surface area contributed by atoms with Crippen LogP contribution in [0.2, 0.25) is 0 Å². The van der Waals surface area contributed by atoms with Crippen LogP contribution < -0.4 is 5.32 Å². The summed E-state index contributed by atoms with van der Waals surface area (Å²) in [5.74, 6) is -0.237. The zero-order chi connectivity index (χ0) is 16.7. The molecule has 0 bridgehead atoms. The third-order valence-electron chi connectivity index (χ3n) is 3.28. The maximum Gasteiger partial charge on any atom is 0.409 e. The fourth-order valence-electron chi connectivity index (χ4n) is 2.04. The van der Waals surface area contributed by atoms with Crippen molar-refractivity contribution in [1.82, 2.24) is 20.0 Å². The molecule has 0 saturated carbocycles. The average molecular weight is 316 g/mol. The monoisotopic (exact) mass is 316 g/mol. The van der Waals surface area contributed by atoms with Gasteiger partial charge in [-0.1, -0.05) is 24.3 Å². The number of nitrogens with one attached hydrogen (secondary N) is 1. The molecule has 23 heavy (non-hydrogen) atoms. The van der Waals surface area contributed by atoms with E-state index in [9.17, 15) is 9.59 Å². The third-order valence-corrected chi connectivity index (χ3v) is 3.28. The number of methoxy groups -OCH3 is 1. The summed E-state index contributed by atoms with van der Waals surface area (Å²) in [5.41, 5.74) is 2.12. The Labute approximate surface area is 134 Å². The molecule has 2 rings (SSSR count). The Kier molecular flexibility index (Phi) is 5.74. The van der Waals surface area contributed by atoms with Gasteiger partial charge in [0, 0.05) is 26.0 Å². The van der Waals surface area contributed by atoms with Crippen LogP contribution >= 0.6 is 0 Å². The van der Waals surface area contributed by atoms with Crippen molar-refractivity contribution < 1.29 is 14.3 Å². The minimum Gasteiger partial charge on any atom is -0.453 e. The van der Waals surface area contributed by atoms with E-state index < -0.39 is 6.09 Å². The van der Waals surface area contributed by atoms with Gasteiger partial charge in [0.25, 0.3) is 0 Å². The molecule has 7 heteroatoms. The van der Waals surface area contributed by atoms with Gasteiger partial charge in [-0.25, -0.2) is 4.79 Å². The summed E-state index contributed by atoms with van der Waals surface area (Å²) < 4.78 is 6.38. The number of aromatic nitrogens is 2. The number of hydrogen-bond acceptors (Lipinski definition) is 4. The fourth-order valence-corrected chi connectivity index (χ4v) is 2.04. The number of rotatable bonds is 6. The van der Waals surface area contributed by atoms with Crippen molar-refractivity contribution in [2.75, 3.05) is 20.7 Å². The van der Waals surface area contributed by atoms with E-state index in [1.165, 1.54) is 19.1 Å². The molecule has 1 heterocycles. The molecule has 0 atom stereocenters. The Bertz CT molecular complexity index is 638. The highest BCUT2D eigenvalue weighted by atomic mass is 16.5. The summed E-state index contributed by atoms with van der Waals surface area (Å²) in [6, 6.07) is 9.81. The van der Waals surface area contributed by atoms with E-state index in [1.54, 1.807) is 6.20 Å². The maximum absolute atomic E-state index is 11.8. The largest absolute Gasteiger partial charge is 0.453 e. The van der Waals surface area contributed by atoms with Crippen molar-refractivity contribution in [2.24, 2.45) is 0 Å². The molecule has 0 fully saturated rings. The first-order valence-corrected chi connectivity index (χ1v) is 7.19. The van der Waals surface area contributed by atoms with E-state index in [-0.39, 0.29) is 12.5 Å². The molecule has 1 aromatic carbocycles. The van der Waals surface area contributed by atoms with Gasteiger partial charge in [0.1, 0.15) is 6.54 Å². The van der Waals surface area contributed by atoms with Gasteiger partial charge in [-0.3, -0.25) is 9.48 Å². The van der Waals surface area contributed by atoms with Crippen molar-refractivity contribution in [3.63, 3.8) is 0 Å². The second kappa shape index (κ2) is 7.98. The number of hydrogen-bond donors (Lipinski definition) is 1. The SMILES string of the molecule is COC(=O)N(C)CC(=O)NCc1ccc(Cn2cccn2)cc1. The van der Waals surface area contributed by atoms with Gasteiger partial charge in [0.2, 0.25) is 5.91 Å². The standard InChI is InChI=1S/C16H20N4O3/c1-19(16(22)23-2)12-15(21)17-10-13-4-6-14(7-5-13)11-20-9-3-8-18-20/h3-9H,10-12H2,1-2H3,(H,17,21). The molecule has 7 nitrogen and oxygen atoms in total. The zero-order valence-corrected chi connectivity index (χ0v) is 13.2.